The maximum Gasteiger partial charge on any atom is 0.289 e. The molecule has 1 N–H and O–H groups in total. The Morgan fingerprint density at radius 2 is 2.33 bits per heavy atom. The zero-order valence-corrected chi connectivity index (χ0v) is 12.9. The standard InChI is InChI=1S/C14H16N4O2S/c1-4-11-15-9(3)12(20-11)13(19)16-8(2)10-7-18-5-6-21-14(18)17-10/h5-8H,4H2,1-3H3,(H,16,19)/t8-/m0/s1. The van der Waals surface area contributed by atoms with Gasteiger partial charge in [0, 0.05) is 24.2 Å². The van der Waals surface area contributed by atoms with Crippen LogP contribution in [0.5, 0.6) is 0 Å². The Morgan fingerprint density at radius 3 is 3.00 bits per heavy atom. The van der Waals surface area contributed by atoms with Gasteiger partial charge in [0.2, 0.25) is 5.76 Å². The van der Waals surface area contributed by atoms with E-state index in [2.05, 4.69) is 15.3 Å². The number of carbonyl (C=O) groups is 1. The molecule has 0 aliphatic rings. The third kappa shape index (κ3) is 2.56. The van der Waals surface area contributed by atoms with Crippen molar-refractivity contribution in [2.75, 3.05) is 0 Å². The number of aromatic nitrogens is 3. The second kappa shape index (κ2) is 5.33. The van der Waals surface area contributed by atoms with E-state index in [1.54, 1.807) is 18.3 Å². The summed E-state index contributed by atoms with van der Waals surface area (Å²) in [6.07, 6.45) is 4.53. The smallest absolute Gasteiger partial charge is 0.289 e. The molecule has 0 aromatic carbocycles. The van der Waals surface area contributed by atoms with Crippen LogP contribution < -0.4 is 5.32 Å². The Hall–Kier alpha value is -2.15. The molecule has 6 nitrogen and oxygen atoms in total. The maximum atomic E-state index is 12.3. The fourth-order valence-electron chi connectivity index (χ4n) is 2.10. The molecule has 0 unspecified atom stereocenters. The van der Waals surface area contributed by atoms with E-state index < -0.39 is 0 Å². The number of fused-ring (bicyclic) bond motifs is 1. The summed E-state index contributed by atoms with van der Waals surface area (Å²) >= 11 is 1.56. The van der Waals surface area contributed by atoms with Gasteiger partial charge in [-0.1, -0.05) is 6.92 Å². The highest BCUT2D eigenvalue weighted by Gasteiger charge is 2.20. The van der Waals surface area contributed by atoms with E-state index in [0.717, 1.165) is 10.7 Å². The topological polar surface area (TPSA) is 72.4 Å². The molecule has 1 atom stereocenters. The van der Waals surface area contributed by atoms with Crippen LogP contribution in [0.15, 0.2) is 22.2 Å². The molecule has 3 rings (SSSR count). The Morgan fingerprint density at radius 1 is 1.52 bits per heavy atom. The van der Waals surface area contributed by atoms with Gasteiger partial charge in [0.1, 0.15) is 0 Å². The molecule has 0 radical (unpaired) electrons. The van der Waals surface area contributed by atoms with Crippen molar-refractivity contribution in [3.63, 3.8) is 0 Å². The van der Waals surface area contributed by atoms with Gasteiger partial charge in [-0.25, -0.2) is 9.97 Å². The van der Waals surface area contributed by atoms with Crippen LogP contribution in [0.2, 0.25) is 0 Å². The lowest BCUT2D eigenvalue weighted by molar-refractivity contribution is 0.0908. The second-order valence-corrected chi connectivity index (χ2v) is 5.70. The van der Waals surface area contributed by atoms with Gasteiger partial charge in [-0.15, -0.1) is 11.3 Å². The fourth-order valence-corrected chi connectivity index (χ4v) is 2.81. The van der Waals surface area contributed by atoms with Crippen molar-refractivity contribution in [2.24, 2.45) is 0 Å². The quantitative estimate of drug-likeness (QED) is 0.804. The Bertz CT molecular complexity index is 757. The second-order valence-electron chi connectivity index (χ2n) is 4.83. The van der Waals surface area contributed by atoms with E-state index in [-0.39, 0.29) is 17.7 Å². The predicted molar refractivity (Wildman–Crippen MR) is 79.6 cm³/mol. The number of hydrogen-bond acceptors (Lipinski definition) is 5. The molecular weight excluding hydrogens is 288 g/mol. The molecule has 0 bridgehead atoms. The highest BCUT2D eigenvalue weighted by Crippen LogP contribution is 2.18. The largest absolute Gasteiger partial charge is 0.435 e. The van der Waals surface area contributed by atoms with Crippen LogP contribution in [0.25, 0.3) is 4.96 Å². The van der Waals surface area contributed by atoms with Crippen molar-refractivity contribution in [2.45, 2.75) is 33.2 Å². The van der Waals surface area contributed by atoms with Gasteiger partial charge in [-0.3, -0.25) is 9.20 Å². The van der Waals surface area contributed by atoms with Crippen molar-refractivity contribution < 1.29 is 9.21 Å². The van der Waals surface area contributed by atoms with Crippen molar-refractivity contribution >= 4 is 22.2 Å². The first-order valence-electron chi connectivity index (χ1n) is 6.77. The van der Waals surface area contributed by atoms with E-state index in [1.165, 1.54) is 0 Å². The maximum absolute atomic E-state index is 12.3. The number of nitrogens with one attached hydrogen (secondary N) is 1. The minimum absolute atomic E-state index is 0.195. The van der Waals surface area contributed by atoms with Crippen LogP contribution in [0.1, 0.15) is 47.7 Å². The lowest BCUT2D eigenvalue weighted by atomic mass is 10.2. The molecule has 0 aliphatic heterocycles. The Balaban J connectivity index is 1.77. The lowest BCUT2D eigenvalue weighted by Crippen LogP contribution is -2.27. The molecule has 3 heterocycles. The number of imidazole rings is 1. The van der Waals surface area contributed by atoms with Gasteiger partial charge in [-0.2, -0.15) is 0 Å². The number of carbonyl (C=O) groups excluding carboxylic acids is 1. The first kappa shape index (κ1) is 13.8. The Labute approximate surface area is 125 Å². The summed E-state index contributed by atoms with van der Waals surface area (Å²) in [5.74, 6) is 0.594. The number of nitrogens with zero attached hydrogens (tertiary/aromatic N) is 3. The van der Waals surface area contributed by atoms with E-state index in [0.29, 0.717) is 18.0 Å². The average Bonchev–Trinajstić information content (AvgIpc) is 3.11. The minimum atomic E-state index is -0.261. The van der Waals surface area contributed by atoms with Crippen LogP contribution in [0, 0.1) is 6.92 Å². The third-order valence-corrected chi connectivity index (χ3v) is 4.02. The van der Waals surface area contributed by atoms with Crippen molar-refractivity contribution in [1.29, 1.82) is 0 Å². The van der Waals surface area contributed by atoms with E-state index >= 15 is 0 Å². The normalized spacial score (nSPS) is 12.7. The molecule has 0 aliphatic carbocycles. The summed E-state index contributed by atoms with van der Waals surface area (Å²) in [7, 11) is 0. The monoisotopic (exact) mass is 304 g/mol. The number of hydrogen-bond donors (Lipinski definition) is 1. The first-order valence-corrected chi connectivity index (χ1v) is 7.65. The summed E-state index contributed by atoms with van der Waals surface area (Å²) in [6, 6.07) is -0.195. The lowest BCUT2D eigenvalue weighted by Gasteiger charge is -2.10. The van der Waals surface area contributed by atoms with Gasteiger partial charge in [0.25, 0.3) is 5.91 Å². The molecule has 0 spiro atoms. The number of oxazole rings is 1. The molecule has 1 amide bonds. The molecule has 21 heavy (non-hydrogen) atoms. The average molecular weight is 304 g/mol. The van der Waals surface area contributed by atoms with Crippen molar-refractivity contribution in [3.8, 4) is 0 Å². The predicted octanol–water partition coefficient (Wildman–Crippen LogP) is 2.75. The van der Waals surface area contributed by atoms with Gasteiger partial charge in [0.15, 0.2) is 10.9 Å². The van der Waals surface area contributed by atoms with Crippen molar-refractivity contribution in [1.82, 2.24) is 19.7 Å². The molecule has 0 saturated carbocycles. The molecule has 3 aromatic heterocycles. The van der Waals surface area contributed by atoms with Crippen LogP contribution >= 0.6 is 11.3 Å². The zero-order chi connectivity index (χ0) is 15.0. The molecule has 3 aromatic rings. The summed E-state index contributed by atoms with van der Waals surface area (Å²) in [6.45, 7) is 5.61. The fraction of sp³-hybridized carbons (Fsp3) is 0.357. The van der Waals surface area contributed by atoms with Crippen LogP contribution in [-0.4, -0.2) is 20.3 Å². The highest BCUT2D eigenvalue weighted by atomic mass is 32.1. The van der Waals surface area contributed by atoms with Gasteiger partial charge >= 0.3 is 0 Å². The molecule has 0 saturated heterocycles. The highest BCUT2D eigenvalue weighted by molar-refractivity contribution is 7.15. The van der Waals surface area contributed by atoms with E-state index in [1.807, 2.05) is 36.0 Å². The summed E-state index contributed by atoms with van der Waals surface area (Å²) in [5, 5.41) is 4.87. The van der Waals surface area contributed by atoms with Crippen LogP contribution in [-0.2, 0) is 6.42 Å². The number of rotatable bonds is 4. The molecular formula is C14H16N4O2S. The van der Waals surface area contributed by atoms with Crippen molar-refractivity contribution in [3.05, 3.63) is 40.8 Å². The summed E-state index contributed by atoms with van der Waals surface area (Å²) < 4.78 is 7.40. The van der Waals surface area contributed by atoms with Gasteiger partial charge in [0.05, 0.1) is 17.4 Å². The SMILES string of the molecule is CCc1nc(C)c(C(=O)N[C@@H](C)c2cn3ccsc3n2)o1. The number of aryl methyl sites for hydroxylation is 2. The Kier molecular flexibility index (Phi) is 3.50. The van der Waals surface area contributed by atoms with E-state index in [9.17, 15) is 4.79 Å². The first-order chi connectivity index (χ1) is 10.1. The minimum Gasteiger partial charge on any atom is -0.435 e. The van der Waals surface area contributed by atoms with Gasteiger partial charge in [-0.05, 0) is 13.8 Å². The number of thiazole rings is 1. The van der Waals surface area contributed by atoms with E-state index in [4.69, 9.17) is 4.42 Å². The van der Waals surface area contributed by atoms with Crippen LogP contribution in [0.4, 0.5) is 0 Å². The zero-order valence-electron chi connectivity index (χ0n) is 12.1. The molecule has 0 fully saturated rings. The molecule has 110 valence electrons. The summed E-state index contributed by atoms with van der Waals surface area (Å²) in [4.78, 5) is 21.9. The number of amides is 1. The molecule has 7 heteroatoms. The summed E-state index contributed by atoms with van der Waals surface area (Å²) in [5.41, 5.74) is 1.44. The van der Waals surface area contributed by atoms with Crippen LogP contribution in [0.3, 0.4) is 0 Å². The third-order valence-electron chi connectivity index (χ3n) is 3.25. The van der Waals surface area contributed by atoms with Gasteiger partial charge < -0.3 is 9.73 Å².